The second-order valence-corrected chi connectivity index (χ2v) is 5.57. The molecule has 0 saturated carbocycles. The second-order valence-electron chi connectivity index (χ2n) is 5.16. The molecule has 0 aliphatic heterocycles. The van der Waals surface area contributed by atoms with E-state index in [2.05, 4.69) is 5.32 Å². The van der Waals surface area contributed by atoms with Crippen molar-refractivity contribution in [2.45, 2.75) is 13.1 Å². The molecule has 0 unspecified atom stereocenters. The van der Waals surface area contributed by atoms with Crippen LogP contribution in [0.5, 0.6) is 11.5 Å². The second kappa shape index (κ2) is 7.65. The molecule has 134 valence electrons. The minimum Gasteiger partial charge on any atom is -0.495 e. The van der Waals surface area contributed by atoms with E-state index >= 15 is 0 Å². The third-order valence-electron chi connectivity index (χ3n) is 3.31. The van der Waals surface area contributed by atoms with Gasteiger partial charge in [-0.05, 0) is 42.8 Å². The summed E-state index contributed by atoms with van der Waals surface area (Å²) < 4.78 is 47.8. The van der Waals surface area contributed by atoms with Gasteiger partial charge in [0.15, 0.2) is 6.61 Å². The van der Waals surface area contributed by atoms with Crippen LogP contribution in [-0.4, -0.2) is 19.6 Å². The van der Waals surface area contributed by atoms with Crippen molar-refractivity contribution in [3.8, 4) is 11.5 Å². The number of methoxy groups -OCH3 is 1. The van der Waals surface area contributed by atoms with Gasteiger partial charge >= 0.3 is 6.18 Å². The number of alkyl halides is 3. The Morgan fingerprint density at radius 3 is 2.40 bits per heavy atom. The molecule has 0 aliphatic carbocycles. The van der Waals surface area contributed by atoms with Crippen LogP contribution < -0.4 is 14.8 Å². The monoisotopic (exact) mass is 373 g/mol. The van der Waals surface area contributed by atoms with E-state index in [1.807, 2.05) is 0 Å². The van der Waals surface area contributed by atoms with Crippen LogP contribution in [0, 0.1) is 6.92 Å². The molecule has 0 bridgehead atoms. The van der Waals surface area contributed by atoms with Crippen LogP contribution >= 0.6 is 11.6 Å². The maximum absolute atomic E-state index is 12.5. The summed E-state index contributed by atoms with van der Waals surface area (Å²) in [4.78, 5) is 12.0. The normalized spacial score (nSPS) is 11.1. The lowest BCUT2D eigenvalue weighted by atomic mass is 10.2. The minimum atomic E-state index is -4.42. The first-order valence-corrected chi connectivity index (χ1v) is 7.52. The van der Waals surface area contributed by atoms with Gasteiger partial charge in [0.25, 0.3) is 5.91 Å². The fourth-order valence-corrected chi connectivity index (χ4v) is 2.16. The van der Waals surface area contributed by atoms with Crippen molar-refractivity contribution >= 4 is 23.2 Å². The van der Waals surface area contributed by atoms with E-state index in [4.69, 9.17) is 21.1 Å². The van der Waals surface area contributed by atoms with Crippen LogP contribution in [-0.2, 0) is 11.0 Å². The van der Waals surface area contributed by atoms with Gasteiger partial charge in [-0.2, -0.15) is 13.2 Å². The Labute approximate surface area is 147 Å². The third kappa shape index (κ3) is 5.03. The average Bonchev–Trinajstić information content (AvgIpc) is 2.55. The Morgan fingerprint density at radius 1 is 1.20 bits per heavy atom. The predicted molar refractivity (Wildman–Crippen MR) is 88.3 cm³/mol. The molecule has 1 N–H and O–H groups in total. The highest BCUT2D eigenvalue weighted by Crippen LogP contribution is 2.31. The fourth-order valence-electron chi connectivity index (χ4n) is 2.01. The van der Waals surface area contributed by atoms with Gasteiger partial charge in [0.1, 0.15) is 11.5 Å². The molecule has 4 nitrogen and oxygen atoms in total. The molecular formula is C17H15ClF3NO3. The molecule has 2 aromatic carbocycles. The van der Waals surface area contributed by atoms with E-state index in [0.29, 0.717) is 16.5 Å². The Kier molecular flexibility index (Phi) is 5.79. The number of carbonyl (C=O) groups is 1. The van der Waals surface area contributed by atoms with Crippen molar-refractivity contribution in [2.75, 3.05) is 19.0 Å². The number of hydrogen-bond acceptors (Lipinski definition) is 3. The Hall–Kier alpha value is -2.41. The highest BCUT2D eigenvalue weighted by Gasteiger charge is 2.30. The summed E-state index contributed by atoms with van der Waals surface area (Å²) in [6.45, 7) is 1.41. The van der Waals surface area contributed by atoms with Gasteiger partial charge in [-0.15, -0.1) is 0 Å². The zero-order valence-electron chi connectivity index (χ0n) is 13.4. The highest BCUT2D eigenvalue weighted by molar-refractivity contribution is 6.31. The van der Waals surface area contributed by atoms with Gasteiger partial charge in [-0.25, -0.2) is 0 Å². The van der Waals surface area contributed by atoms with Crippen molar-refractivity contribution < 1.29 is 27.4 Å². The van der Waals surface area contributed by atoms with E-state index in [1.54, 1.807) is 19.1 Å². The number of aryl methyl sites for hydroxylation is 1. The largest absolute Gasteiger partial charge is 0.495 e. The molecule has 1 amide bonds. The van der Waals surface area contributed by atoms with Crippen LogP contribution in [0.3, 0.4) is 0 Å². The summed E-state index contributed by atoms with van der Waals surface area (Å²) in [5.41, 5.74) is 0.387. The van der Waals surface area contributed by atoms with E-state index < -0.39 is 17.6 Å². The summed E-state index contributed by atoms with van der Waals surface area (Å²) in [5, 5.41) is 3.10. The summed E-state index contributed by atoms with van der Waals surface area (Å²) in [6, 6.07) is 7.31. The molecule has 0 aliphatic rings. The molecule has 0 atom stereocenters. The maximum atomic E-state index is 12.5. The van der Waals surface area contributed by atoms with Gasteiger partial charge in [-0.1, -0.05) is 11.6 Å². The summed E-state index contributed by atoms with van der Waals surface area (Å²) in [6.07, 6.45) is -4.42. The van der Waals surface area contributed by atoms with Gasteiger partial charge in [0.05, 0.1) is 18.4 Å². The third-order valence-corrected chi connectivity index (χ3v) is 3.71. The molecule has 0 heterocycles. The minimum absolute atomic E-state index is 0.155. The highest BCUT2D eigenvalue weighted by atomic mass is 35.5. The smallest absolute Gasteiger partial charge is 0.416 e. The van der Waals surface area contributed by atoms with Crippen molar-refractivity contribution in [3.63, 3.8) is 0 Å². The molecule has 2 aromatic rings. The first-order valence-electron chi connectivity index (χ1n) is 7.14. The summed E-state index contributed by atoms with van der Waals surface area (Å²) in [7, 11) is 1.44. The van der Waals surface area contributed by atoms with E-state index in [0.717, 1.165) is 29.8 Å². The SMILES string of the molecule is COc1cc(Cl)c(C)cc1NC(=O)COc1ccc(C(F)(F)F)cc1. The van der Waals surface area contributed by atoms with Crippen LogP contribution in [0.15, 0.2) is 36.4 Å². The van der Waals surface area contributed by atoms with Crippen molar-refractivity contribution in [2.24, 2.45) is 0 Å². The lowest BCUT2D eigenvalue weighted by molar-refractivity contribution is -0.137. The van der Waals surface area contributed by atoms with Crippen LogP contribution in [0.2, 0.25) is 5.02 Å². The van der Waals surface area contributed by atoms with Gasteiger partial charge in [0.2, 0.25) is 0 Å². The Bertz CT molecular complexity index is 761. The predicted octanol–water partition coefficient (Wildman–Crippen LogP) is 4.69. The van der Waals surface area contributed by atoms with Gasteiger partial charge in [0, 0.05) is 11.1 Å². The number of nitrogens with one attached hydrogen (secondary N) is 1. The van der Waals surface area contributed by atoms with Crippen LogP contribution in [0.1, 0.15) is 11.1 Å². The molecule has 0 aromatic heterocycles. The number of amides is 1. The molecule has 0 radical (unpaired) electrons. The first kappa shape index (κ1) is 18.9. The van der Waals surface area contributed by atoms with E-state index in [-0.39, 0.29) is 12.4 Å². The van der Waals surface area contributed by atoms with Gasteiger partial charge < -0.3 is 14.8 Å². The molecule has 0 saturated heterocycles. The Morgan fingerprint density at radius 2 is 1.84 bits per heavy atom. The van der Waals surface area contributed by atoms with E-state index in [1.165, 1.54) is 7.11 Å². The molecule has 0 fully saturated rings. The van der Waals surface area contributed by atoms with Gasteiger partial charge in [-0.3, -0.25) is 4.79 Å². The molecular weight excluding hydrogens is 359 g/mol. The average molecular weight is 374 g/mol. The zero-order chi connectivity index (χ0) is 18.6. The van der Waals surface area contributed by atoms with Crippen molar-refractivity contribution in [1.29, 1.82) is 0 Å². The standard InChI is InChI=1S/C17H15ClF3NO3/c1-10-7-14(15(24-2)8-13(10)18)22-16(23)9-25-12-5-3-11(4-6-12)17(19,20)21/h3-8H,9H2,1-2H3,(H,22,23). The van der Waals surface area contributed by atoms with Crippen molar-refractivity contribution in [3.05, 3.63) is 52.5 Å². The fraction of sp³-hybridized carbons (Fsp3) is 0.235. The maximum Gasteiger partial charge on any atom is 0.416 e. The Balaban J connectivity index is 1.98. The molecule has 8 heteroatoms. The van der Waals surface area contributed by atoms with E-state index in [9.17, 15) is 18.0 Å². The lowest BCUT2D eigenvalue weighted by Gasteiger charge is -2.13. The number of ether oxygens (including phenoxy) is 2. The zero-order valence-corrected chi connectivity index (χ0v) is 14.2. The lowest BCUT2D eigenvalue weighted by Crippen LogP contribution is -2.20. The quantitative estimate of drug-likeness (QED) is 0.826. The number of hydrogen-bond donors (Lipinski definition) is 1. The molecule has 25 heavy (non-hydrogen) atoms. The molecule has 0 spiro atoms. The van der Waals surface area contributed by atoms with Crippen LogP contribution in [0.25, 0.3) is 0 Å². The summed E-state index contributed by atoms with van der Waals surface area (Å²) in [5.74, 6) is 0.0563. The van der Waals surface area contributed by atoms with Crippen molar-refractivity contribution in [1.82, 2.24) is 0 Å². The number of carbonyl (C=O) groups excluding carboxylic acids is 1. The number of halogens is 4. The first-order chi connectivity index (χ1) is 11.7. The summed E-state index contributed by atoms with van der Waals surface area (Å²) >= 11 is 5.99. The number of rotatable bonds is 5. The molecule has 2 rings (SSSR count). The van der Waals surface area contributed by atoms with Crippen LogP contribution in [0.4, 0.5) is 18.9 Å². The number of benzene rings is 2. The topological polar surface area (TPSA) is 47.6 Å². The number of anilines is 1.